The average Bonchev–Trinajstić information content (AvgIpc) is 2.79. The monoisotopic (exact) mass is 450 g/mol. The van der Waals surface area contributed by atoms with E-state index in [0.29, 0.717) is 22.8 Å². The standard InChI is InChI=1S/C23H19ClN4O4/c1-31-15-3-5-17-20(13-15)26-9-8-21(17)32-11-10-28-22(29)7-6-19(27-28)14-2-4-16(23(25)30)18(24)12-14/h2-9,12-13H,10-11H2,1H3,(H2,25,30). The molecule has 0 atom stereocenters. The van der Waals surface area contributed by atoms with Crippen LogP contribution in [0.15, 0.2) is 65.6 Å². The molecule has 0 bridgehead atoms. The number of carbonyl (C=O) groups excluding carboxylic acids is 1. The second-order valence-electron chi connectivity index (χ2n) is 6.88. The fraction of sp³-hybridized carbons (Fsp3) is 0.130. The van der Waals surface area contributed by atoms with Gasteiger partial charge in [0.05, 0.1) is 35.5 Å². The first kappa shape index (κ1) is 21.3. The van der Waals surface area contributed by atoms with E-state index in [1.807, 2.05) is 18.2 Å². The summed E-state index contributed by atoms with van der Waals surface area (Å²) < 4.78 is 12.5. The fourth-order valence-corrected chi connectivity index (χ4v) is 3.51. The number of amides is 1. The zero-order chi connectivity index (χ0) is 22.7. The normalized spacial score (nSPS) is 10.8. The van der Waals surface area contributed by atoms with Crippen molar-refractivity contribution in [2.45, 2.75) is 6.54 Å². The lowest BCUT2D eigenvalue weighted by molar-refractivity contribution is 0.100. The van der Waals surface area contributed by atoms with Gasteiger partial charge in [0.25, 0.3) is 5.56 Å². The van der Waals surface area contributed by atoms with Gasteiger partial charge in [-0.05, 0) is 36.4 Å². The number of nitrogens with two attached hydrogens (primary N) is 1. The molecule has 0 aliphatic rings. The third-order valence-electron chi connectivity index (χ3n) is 4.87. The largest absolute Gasteiger partial charge is 0.497 e. The van der Waals surface area contributed by atoms with Crippen molar-refractivity contribution in [1.82, 2.24) is 14.8 Å². The molecule has 1 amide bonds. The summed E-state index contributed by atoms with van der Waals surface area (Å²) in [5, 5.41) is 5.46. The van der Waals surface area contributed by atoms with Crippen LogP contribution in [0.25, 0.3) is 22.2 Å². The van der Waals surface area contributed by atoms with Gasteiger partial charge in [0.1, 0.15) is 18.1 Å². The molecule has 0 fully saturated rings. The highest BCUT2D eigenvalue weighted by molar-refractivity contribution is 6.34. The van der Waals surface area contributed by atoms with Crippen molar-refractivity contribution < 1.29 is 14.3 Å². The van der Waals surface area contributed by atoms with Gasteiger partial charge in [0.15, 0.2) is 0 Å². The number of rotatable bonds is 7. The summed E-state index contributed by atoms with van der Waals surface area (Å²) in [6.07, 6.45) is 1.65. The van der Waals surface area contributed by atoms with Crippen molar-refractivity contribution in [3.63, 3.8) is 0 Å². The predicted octanol–water partition coefficient (Wildman–Crippen LogP) is 3.30. The van der Waals surface area contributed by atoms with Crippen LogP contribution in [0.4, 0.5) is 0 Å². The molecule has 9 heteroatoms. The van der Waals surface area contributed by atoms with Crippen LogP contribution in [-0.4, -0.2) is 34.4 Å². The number of pyridine rings is 1. The molecule has 4 aromatic rings. The SMILES string of the molecule is COc1ccc2c(OCCn3nc(-c4ccc(C(N)=O)c(Cl)c4)ccc3=O)ccnc2c1. The van der Waals surface area contributed by atoms with Gasteiger partial charge < -0.3 is 15.2 Å². The maximum absolute atomic E-state index is 12.3. The first-order valence-electron chi connectivity index (χ1n) is 9.70. The molecule has 0 spiro atoms. The number of methoxy groups -OCH3 is 1. The van der Waals surface area contributed by atoms with Crippen LogP contribution in [0.5, 0.6) is 11.5 Å². The van der Waals surface area contributed by atoms with E-state index in [1.54, 1.807) is 37.6 Å². The summed E-state index contributed by atoms with van der Waals surface area (Å²) >= 11 is 6.13. The minimum atomic E-state index is -0.612. The van der Waals surface area contributed by atoms with Crippen LogP contribution in [0, 0.1) is 0 Å². The Bertz CT molecular complexity index is 1370. The summed E-state index contributed by atoms with van der Waals surface area (Å²) in [4.78, 5) is 28.0. The molecule has 0 aliphatic heterocycles. The Morgan fingerprint density at radius 1 is 1.12 bits per heavy atom. The molecule has 4 rings (SSSR count). The highest BCUT2D eigenvalue weighted by Crippen LogP contribution is 2.27. The van der Waals surface area contributed by atoms with Crippen molar-refractivity contribution in [1.29, 1.82) is 0 Å². The lowest BCUT2D eigenvalue weighted by Gasteiger charge is -2.11. The number of primary amides is 1. The predicted molar refractivity (Wildman–Crippen MR) is 121 cm³/mol. The Labute approximate surface area is 188 Å². The van der Waals surface area contributed by atoms with Crippen molar-refractivity contribution in [2.24, 2.45) is 5.73 Å². The maximum Gasteiger partial charge on any atom is 0.266 e. The molecule has 0 saturated carbocycles. The molecule has 0 saturated heterocycles. The second-order valence-corrected chi connectivity index (χ2v) is 7.29. The highest BCUT2D eigenvalue weighted by atomic mass is 35.5. The molecule has 32 heavy (non-hydrogen) atoms. The van der Waals surface area contributed by atoms with Crippen LogP contribution in [0.2, 0.25) is 5.02 Å². The number of fused-ring (bicyclic) bond motifs is 1. The van der Waals surface area contributed by atoms with E-state index >= 15 is 0 Å². The molecular weight excluding hydrogens is 432 g/mol. The number of hydrogen-bond donors (Lipinski definition) is 1. The number of benzene rings is 2. The van der Waals surface area contributed by atoms with Crippen molar-refractivity contribution in [3.05, 3.63) is 81.7 Å². The molecule has 2 aromatic carbocycles. The van der Waals surface area contributed by atoms with Crippen LogP contribution in [-0.2, 0) is 6.54 Å². The average molecular weight is 451 g/mol. The minimum Gasteiger partial charge on any atom is -0.497 e. The molecule has 2 aromatic heterocycles. The Kier molecular flexibility index (Phi) is 6.04. The van der Waals surface area contributed by atoms with Gasteiger partial charge in [-0.15, -0.1) is 0 Å². The van der Waals surface area contributed by atoms with Gasteiger partial charge in [-0.3, -0.25) is 14.6 Å². The molecule has 2 heterocycles. The molecule has 2 N–H and O–H groups in total. The first-order valence-corrected chi connectivity index (χ1v) is 10.1. The van der Waals surface area contributed by atoms with Crippen molar-refractivity contribution in [3.8, 4) is 22.8 Å². The Morgan fingerprint density at radius 2 is 1.97 bits per heavy atom. The fourth-order valence-electron chi connectivity index (χ4n) is 3.23. The molecule has 0 radical (unpaired) electrons. The summed E-state index contributed by atoms with van der Waals surface area (Å²) in [6, 6.07) is 15.1. The Hall–Kier alpha value is -3.91. The quantitative estimate of drug-likeness (QED) is 0.462. The zero-order valence-electron chi connectivity index (χ0n) is 17.1. The number of ether oxygens (including phenoxy) is 2. The van der Waals surface area contributed by atoms with Crippen LogP contribution < -0.4 is 20.8 Å². The van der Waals surface area contributed by atoms with Crippen molar-refractivity contribution >= 4 is 28.4 Å². The maximum atomic E-state index is 12.3. The molecule has 0 unspecified atom stereocenters. The molecule has 0 aliphatic carbocycles. The van der Waals surface area contributed by atoms with E-state index in [2.05, 4.69) is 10.1 Å². The third-order valence-corrected chi connectivity index (χ3v) is 5.18. The Balaban J connectivity index is 1.52. The Morgan fingerprint density at radius 3 is 2.72 bits per heavy atom. The number of carbonyl (C=O) groups is 1. The van der Waals surface area contributed by atoms with E-state index < -0.39 is 5.91 Å². The van der Waals surface area contributed by atoms with E-state index in [-0.39, 0.29) is 29.3 Å². The summed E-state index contributed by atoms with van der Waals surface area (Å²) in [5.74, 6) is 0.744. The lowest BCUT2D eigenvalue weighted by Crippen LogP contribution is -2.25. The van der Waals surface area contributed by atoms with Crippen LogP contribution in [0.1, 0.15) is 10.4 Å². The number of hydrogen-bond acceptors (Lipinski definition) is 6. The lowest BCUT2D eigenvalue weighted by atomic mass is 10.1. The number of aromatic nitrogens is 3. The van der Waals surface area contributed by atoms with Crippen LogP contribution >= 0.6 is 11.6 Å². The van der Waals surface area contributed by atoms with Gasteiger partial charge in [-0.25, -0.2) is 4.68 Å². The zero-order valence-corrected chi connectivity index (χ0v) is 17.9. The van der Waals surface area contributed by atoms with E-state index in [0.717, 1.165) is 10.9 Å². The molecule has 162 valence electrons. The first-order chi connectivity index (χ1) is 15.5. The van der Waals surface area contributed by atoms with E-state index in [1.165, 1.54) is 16.8 Å². The molecular formula is C23H19ClN4O4. The highest BCUT2D eigenvalue weighted by Gasteiger charge is 2.10. The summed E-state index contributed by atoms with van der Waals surface area (Å²) in [6.45, 7) is 0.461. The van der Waals surface area contributed by atoms with Gasteiger partial charge >= 0.3 is 0 Å². The van der Waals surface area contributed by atoms with E-state index in [9.17, 15) is 9.59 Å². The molecule has 8 nitrogen and oxygen atoms in total. The summed E-state index contributed by atoms with van der Waals surface area (Å²) in [7, 11) is 1.60. The van der Waals surface area contributed by atoms with Crippen LogP contribution in [0.3, 0.4) is 0 Å². The number of halogens is 1. The van der Waals surface area contributed by atoms with Gasteiger partial charge in [-0.2, -0.15) is 5.10 Å². The smallest absolute Gasteiger partial charge is 0.266 e. The summed E-state index contributed by atoms with van der Waals surface area (Å²) in [5.41, 5.74) is 7.18. The second kappa shape index (κ2) is 9.07. The van der Waals surface area contributed by atoms with Crippen molar-refractivity contribution in [2.75, 3.05) is 13.7 Å². The van der Waals surface area contributed by atoms with Gasteiger partial charge in [0.2, 0.25) is 5.91 Å². The minimum absolute atomic E-state index is 0.221. The number of nitrogens with zero attached hydrogens (tertiary/aromatic N) is 3. The topological polar surface area (TPSA) is 109 Å². The van der Waals surface area contributed by atoms with E-state index in [4.69, 9.17) is 26.8 Å². The van der Waals surface area contributed by atoms with Gasteiger partial charge in [-0.1, -0.05) is 17.7 Å². The third kappa shape index (κ3) is 4.40. The van der Waals surface area contributed by atoms with Gasteiger partial charge in [0, 0.05) is 29.3 Å².